The number of ether oxygens (including phenoxy) is 2. The Labute approximate surface area is 166 Å². The number of rotatable bonds is 11. The maximum Gasteiger partial charge on any atom is 0.192 e. The monoisotopic (exact) mass is 394 g/mol. The van der Waals surface area contributed by atoms with Crippen LogP contribution in [0, 0.1) is 5.92 Å². The number of carbonyl (C=O) groups excluding carboxylic acids is 1. The third kappa shape index (κ3) is 7.39. The van der Waals surface area contributed by atoms with Crippen molar-refractivity contribution in [2.75, 3.05) is 13.7 Å². The molecule has 0 N–H and O–H groups in total. The first kappa shape index (κ1) is 23.9. The summed E-state index contributed by atoms with van der Waals surface area (Å²) in [5, 5.41) is 0.115. The van der Waals surface area contributed by atoms with Crippen molar-refractivity contribution in [3.8, 4) is 5.75 Å². The third-order valence-corrected chi connectivity index (χ3v) is 10.1. The van der Waals surface area contributed by atoms with Crippen molar-refractivity contribution in [3.05, 3.63) is 29.8 Å². The van der Waals surface area contributed by atoms with Gasteiger partial charge >= 0.3 is 0 Å². The van der Waals surface area contributed by atoms with Crippen LogP contribution in [0.5, 0.6) is 5.75 Å². The van der Waals surface area contributed by atoms with Gasteiger partial charge in [0.2, 0.25) is 0 Å². The van der Waals surface area contributed by atoms with Gasteiger partial charge in [-0.05, 0) is 42.2 Å². The largest absolute Gasteiger partial charge is 0.497 e. The molecule has 0 aliphatic rings. The smallest absolute Gasteiger partial charge is 0.192 e. The summed E-state index contributed by atoms with van der Waals surface area (Å²) >= 11 is 0. The fourth-order valence-electron chi connectivity index (χ4n) is 2.61. The zero-order valence-corrected chi connectivity index (χ0v) is 19.4. The van der Waals surface area contributed by atoms with E-state index in [1.165, 1.54) is 0 Å². The molecule has 154 valence electrons. The molecule has 0 saturated carbocycles. The molecule has 27 heavy (non-hydrogen) atoms. The van der Waals surface area contributed by atoms with Gasteiger partial charge in [0.05, 0.1) is 19.8 Å². The molecule has 5 heteroatoms. The molecular formula is C22H38O4Si. The molecule has 0 aromatic heterocycles. The molecular weight excluding hydrogens is 356 g/mol. The van der Waals surface area contributed by atoms with Crippen LogP contribution in [0.2, 0.25) is 18.1 Å². The number of ketones is 1. The molecule has 0 saturated heterocycles. The van der Waals surface area contributed by atoms with Gasteiger partial charge in [-0.25, -0.2) is 0 Å². The molecule has 0 unspecified atom stereocenters. The average molecular weight is 395 g/mol. The first-order valence-corrected chi connectivity index (χ1v) is 12.8. The SMILES string of the molecule is CCC(=O)[C@@H](C)[C@@H](CCOCc1ccc(OC)cc1)O[Si](C)(C)C(C)(C)C. The van der Waals surface area contributed by atoms with Gasteiger partial charge in [-0.15, -0.1) is 0 Å². The normalized spacial score (nSPS) is 14.7. The molecule has 1 aromatic rings. The molecule has 1 rings (SSSR count). The highest BCUT2D eigenvalue weighted by molar-refractivity contribution is 6.74. The predicted molar refractivity (Wildman–Crippen MR) is 114 cm³/mol. The summed E-state index contributed by atoms with van der Waals surface area (Å²) in [5.74, 6) is 0.996. The van der Waals surface area contributed by atoms with E-state index >= 15 is 0 Å². The minimum absolute atomic E-state index is 0.0887. The number of benzene rings is 1. The van der Waals surface area contributed by atoms with E-state index in [-0.39, 0.29) is 22.8 Å². The second kappa shape index (κ2) is 10.4. The Bertz CT molecular complexity index is 575. The fraction of sp³-hybridized carbons (Fsp3) is 0.682. The van der Waals surface area contributed by atoms with Gasteiger partial charge in [0.15, 0.2) is 8.32 Å². The number of methoxy groups -OCH3 is 1. The summed E-state index contributed by atoms with van der Waals surface area (Å²) < 4.78 is 17.6. The molecule has 1 aromatic carbocycles. The highest BCUT2D eigenvalue weighted by atomic mass is 28.4. The quantitative estimate of drug-likeness (QED) is 0.361. The van der Waals surface area contributed by atoms with Gasteiger partial charge in [-0.1, -0.05) is 46.8 Å². The highest BCUT2D eigenvalue weighted by Gasteiger charge is 2.40. The Morgan fingerprint density at radius 3 is 2.22 bits per heavy atom. The van der Waals surface area contributed by atoms with Crippen LogP contribution in [0.3, 0.4) is 0 Å². The zero-order valence-electron chi connectivity index (χ0n) is 18.4. The molecule has 0 heterocycles. The van der Waals surface area contributed by atoms with Crippen molar-refractivity contribution in [2.45, 2.75) is 78.3 Å². The van der Waals surface area contributed by atoms with Crippen molar-refractivity contribution in [1.82, 2.24) is 0 Å². The maximum atomic E-state index is 12.3. The van der Waals surface area contributed by atoms with Crippen LogP contribution in [-0.4, -0.2) is 33.9 Å². The molecule has 0 aliphatic heterocycles. The first-order valence-electron chi connectivity index (χ1n) is 9.93. The lowest BCUT2D eigenvalue weighted by Crippen LogP contribution is -2.46. The van der Waals surface area contributed by atoms with Crippen LogP contribution < -0.4 is 4.74 Å². The Kier molecular flexibility index (Phi) is 9.19. The standard InChI is InChI=1S/C22H38O4Si/c1-9-20(23)17(2)21(26-27(7,8)22(3,4)5)14-15-25-16-18-10-12-19(24-6)13-11-18/h10-13,17,21H,9,14-16H2,1-8H3/t17-,21-/m1/s1. The van der Waals surface area contributed by atoms with Crippen molar-refractivity contribution in [3.63, 3.8) is 0 Å². The van der Waals surface area contributed by atoms with Crippen LogP contribution >= 0.6 is 0 Å². The third-order valence-electron chi connectivity index (χ3n) is 5.64. The van der Waals surface area contributed by atoms with Crippen molar-refractivity contribution >= 4 is 14.1 Å². The van der Waals surface area contributed by atoms with E-state index in [9.17, 15) is 4.79 Å². The molecule has 0 amide bonds. The second-order valence-corrected chi connectivity index (χ2v) is 13.5. The van der Waals surface area contributed by atoms with Gasteiger partial charge in [0.1, 0.15) is 11.5 Å². The highest BCUT2D eigenvalue weighted by Crippen LogP contribution is 2.38. The summed E-state index contributed by atoms with van der Waals surface area (Å²) in [7, 11) is -0.286. The lowest BCUT2D eigenvalue weighted by molar-refractivity contribution is -0.125. The van der Waals surface area contributed by atoms with Crippen LogP contribution in [0.4, 0.5) is 0 Å². The second-order valence-electron chi connectivity index (χ2n) is 8.71. The van der Waals surface area contributed by atoms with Crippen molar-refractivity contribution < 1.29 is 18.7 Å². The van der Waals surface area contributed by atoms with Gasteiger partial charge < -0.3 is 13.9 Å². The van der Waals surface area contributed by atoms with E-state index in [1.807, 2.05) is 38.1 Å². The van der Waals surface area contributed by atoms with Crippen molar-refractivity contribution in [1.29, 1.82) is 0 Å². The fourth-order valence-corrected chi connectivity index (χ4v) is 4.04. The molecule has 2 atom stereocenters. The van der Waals surface area contributed by atoms with Gasteiger partial charge in [0.25, 0.3) is 0 Å². The van der Waals surface area contributed by atoms with E-state index in [1.54, 1.807) is 7.11 Å². The van der Waals surface area contributed by atoms with Crippen molar-refractivity contribution in [2.24, 2.45) is 5.92 Å². The Balaban J connectivity index is 2.66. The first-order chi connectivity index (χ1) is 12.5. The Morgan fingerprint density at radius 2 is 1.74 bits per heavy atom. The molecule has 0 spiro atoms. The predicted octanol–water partition coefficient (Wildman–Crippen LogP) is 5.61. The zero-order chi connectivity index (χ0) is 20.7. The summed E-state index contributed by atoms with van der Waals surface area (Å²) in [5.41, 5.74) is 1.11. The number of hydrogen-bond donors (Lipinski definition) is 0. The van der Waals surface area contributed by atoms with Crippen LogP contribution in [0.15, 0.2) is 24.3 Å². The molecule has 0 radical (unpaired) electrons. The average Bonchev–Trinajstić information content (AvgIpc) is 2.62. The lowest BCUT2D eigenvalue weighted by atomic mass is 9.96. The van der Waals surface area contributed by atoms with E-state index < -0.39 is 8.32 Å². The lowest BCUT2D eigenvalue weighted by Gasteiger charge is -2.40. The number of carbonyl (C=O) groups is 1. The number of Topliss-reactive ketones (excluding diaryl/α,β-unsaturated/α-hetero) is 1. The van der Waals surface area contributed by atoms with E-state index in [0.29, 0.717) is 19.6 Å². The van der Waals surface area contributed by atoms with E-state index in [0.717, 1.165) is 17.7 Å². The minimum Gasteiger partial charge on any atom is -0.497 e. The van der Waals surface area contributed by atoms with Gasteiger partial charge in [-0.2, -0.15) is 0 Å². The molecule has 0 bridgehead atoms. The van der Waals surface area contributed by atoms with Crippen LogP contribution in [-0.2, 0) is 20.6 Å². The Morgan fingerprint density at radius 1 is 1.15 bits per heavy atom. The summed E-state index contributed by atoms with van der Waals surface area (Å²) in [6.07, 6.45) is 1.19. The van der Waals surface area contributed by atoms with Gasteiger partial charge in [0, 0.05) is 18.9 Å². The molecule has 4 nitrogen and oxygen atoms in total. The summed E-state index contributed by atoms with van der Waals surface area (Å²) in [4.78, 5) is 12.3. The molecule has 0 aliphatic carbocycles. The molecule has 0 fully saturated rings. The number of hydrogen-bond acceptors (Lipinski definition) is 4. The van der Waals surface area contributed by atoms with Gasteiger partial charge in [-0.3, -0.25) is 4.79 Å². The summed E-state index contributed by atoms with van der Waals surface area (Å²) in [6.45, 7) is 16.2. The topological polar surface area (TPSA) is 44.8 Å². The van der Waals surface area contributed by atoms with Crippen LogP contribution in [0.1, 0.15) is 53.0 Å². The maximum absolute atomic E-state index is 12.3. The summed E-state index contributed by atoms with van der Waals surface area (Å²) in [6, 6.07) is 7.88. The van der Waals surface area contributed by atoms with E-state index in [4.69, 9.17) is 13.9 Å². The van der Waals surface area contributed by atoms with E-state index in [2.05, 4.69) is 33.9 Å². The minimum atomic E-state index is -1.95. The van der Waals surface area contributed by atoms with Crippen LogP contribution in [0.25, 0.3) is 0 Å². The Hall–Kier alpha value is -1.17.